The standard InChI is InChI=1S/3C6H5.C4H7O2.Sn/c3*1-2-4-6-5-3-1;1-3-4(5)6-2;/h3*1-5H;1,3H2,2H3;. The molecule has 0 saturated carbocycles. The van der Waals surface area contributed by atoms with Crippen LogP contribution in [0.1, 0.15) is 6.42 Å². The molecule has 0 heterocycles. The number of benzene rings is 3. The number of hydrogen-bond acceptors (Lipinski definition) is 2. The molecule has 0 unspecified atom stereocenters. The fourth-order valence-corrected chi connectivity index (χ4v) is 17.0. The molecule has 0 bridgehead atoms. The van der Waals surface area contributed by atoms with Crippen LogP contribution in [0.3, 0.4) is 0 Å². The summed E-state index contributed by atoms with van der Waals surface area (Å²) in [4.78, 5) is 12.0. The summed E-state index contributed by atoms with van der Waals surface area (Å²) in [6.07, 6.45) is 0.450. The van der Waals surface area contributed by atoms with Gasteiger partial charge in [0.25, 0.3) is 0 Å². The summed E-state index contributed by atoms with van der Waals surface area (Å²) in [7, 11) is 1.47. The van der Waals surface area contributed by atoms with Gasteiger partial charge in [0, 0.05) is 0 Å². The molecular formula is C22H22O2Sn. The van der Waals surface area contributed by atoms with Crippen molar-refractivity contribution in [1.29, 1.82) is 0 Å². The minimum atomic E-state index is -3.28. The Morgan fingerprint density at radius 2 is 1.08 bits per heavy atom. The molecule has 0 fully saturated rings. The van der Waals surface area contributed by atoms with Gasteiger partial charge in [-0.15, -0.1) is 0 Å². The molecule has 0 N–H and O–H groups in total. The van der Waals surface area contributed by atoms with E-state index in [-0.39, 0.29) is 5.97 Å². The van der Waals surface area contributed by atoms with E-state index in [4.69, 9.17) is 4.74 Å². The fourth-order valence-electron chi connectivity index (χ4n) is 3.49. The van der Waals surface area contributed by atoms with Crippen LogP contribution in [0.2, 0.25) is 4.44 Å². The molecule has 0 saturated heterocycles. The second-order valence-electron chi connectivity index (χ2n) is 6.08. The van der Waals surface area contributed by atoms with Gasteiger partial charge in [-0.3, -0.25) is 0 Å². The third-order valence-corrected chi connectivity index (χ3v) is 18.9. The van der Waals surface area contributed by atoms with Crippen molar-refractivity contribution < 1.29 is 9.53 Å². The van der Waals surface area contributed by atoms with E-state index in [1.165, 1.54) is 17.8 Å². The molecule has 0 aliphatic heterocycles. The number of hydrogen-bond donors (Lipinski definition) is 0. The van der Waals surface area contributed by atoms with E-state index in [0.717, 1.165) is 4.44 Å². The first kappa shape index (κ1) is 17.7. The summed E-state index contributed by atoms with van der Waals surface area (Å²) in [6.45, 7) is 0. The van der Waals surface area contributed by atoms with Crippen LogP contribution in [0.25, 0.3) is 0 Å². The number of carbonyl (C=O) groups excluding carboxylic acids is 1. The van der Waals surface area contributed by atoms with E-state index in [0.29, 0.717) is 6.42 Å². The van der Waals surface area contributed by atoms with Crippen LogP contribution in [0, 0.1) is 0 Å². The Labute approximate surface area is 153 Å². The van der Waals surface area contributed by atoms with E-state index in [2.05, 4.69) is 91.0 Å². The first-order chi connectivity index (χ1) is 12.3. The van der Waals surface area contributed by atoms with E-state index in [1.807, 2.05) is 0 Å². The molecule has 2 nitrogen and oxygen atoms in total. The van der Waals surface area contributed by atoms with Crippen LogP contribution in [0.4, 0.5) is 0 Å². The zero-order chi connectivity index (χ0) is 17.5. The van der Waals surface area contributed by atoms with E-state index in [1.54, 1.807) is 0 Å². The first-order valence-corrected chi connectivity index (χ1v) is 14.8. The molecule has 3 aromatic carbocycles. The zero-order valence-electron chi connectivity index (χ0n) is 14.4. The van der Waals surface area contributed by atoms with Gasteiger partial charge in [-0.25, -0.2) is 0 Å². The summed E-state index contributed by atoms with van der Waals surface area (Å²) in [6, 6.07) is 32.1. The monoisotopic (exact) mass is 438 g/mol. The predicted molar refractivity (Wildman–Crippen MR) is 105 cm³/mol. The summed E-state index contributed by atoms with van der Waals surface area (Å²) >= 11 is -3.28. The number of methoxy groups -OCH3 is 1. The van der Waals surface area contributed by atoms with Crippen LogP contribution < -0.4 is 10.7 Å². The van der Waals surface area contributed by atoms with Gasteiger partial charge in [0.2, 0.25) is 0 Å². The van der Waals surface area contributed by atoms with Crippen LogP contribution in [0.5, 0.6) is 0 Å². The fraction of sp³-hybridized carbons (Fsp3) is 0.136. The van der Waals surface area contributed by atoms with Crippen molar-refractivity contribution in [3.63, 3.8) is 0 Å². The van der Waals surface area contributed by atoms with Gasteiger partial charge in [-0.1, -0.05) is 0 Å². The van der Waals surface area contributed by atoms with E-state index >= 15 is 0 Å². The Morgan fingerprint density at radius 3 is 1.40 bits per heavy atom. The van der Waals surface area contributed by atoms with Crippen LogP contribution in [-0.4, -0.2) is 31.5 Å². The second-order valence-corrected chi connectivity index (χ2v) is 17.6. The molecule has 0 amide bonds. The van der Waals surface area contributed by atoms with Crippen molar-refractivity contribution in [1.82, 2.24) is 0 Å². The van der Waals surface area contributed by atoms with Gasteiger partial charge in [0.15, 0.2) is 0 Å². The molecule has 0 radical (unpaired) electrons. The van der Waals surface area contributed by atoms with Crippen LogP contribution in [-0.2, 0) is 9.53 Å². The Hall–Kier alpha value is -2.07. The van der Waals surface area contributed by atoms with Crippen molar-refractivity contribution in [2.24, 2.45) is 0 Å². The van der Waals surface area contributed by atoms with Crippen molar-refractivity contribution in [3.8, 4) is 0 Å². The topological polar surface area (TPSA) is 26.3 Å². The molecule has 25 heavy (non-hydrogen) atoms. The Kier molecular flexibility index (Phi) is 5.92. The molecule has 3 aromatic rings. The van der Waals surface area contributed by atoms with Gasteiger partial charge in [-0.2, -0.15) is 0 Å². The maximum atomic E-state index is 12.0. The summed E-state index contributed by atoms with van der Waals surface area (Å²) in [5.41, 5.74) is 0. The molecular weight excluding hydrogens is 415 g/mol. The number of carbonyl (C=O) groups is 1. The van der Waals surface area contributed by atoms with Gasteiger partial charge in [0.1, 0.15) is 0 Å². The van der Waals surface area contributed by atoms with E-state index < -0.39 is 18.4 Å². The molecule has 0 aliphatic carbocycles. The zero-order valence-corrected chi connectivity index (χ0v) is 17.2. The third kappa shape index (κ3) is 3.79. The Bertz CT molecular complexity index is 705. The van der Waals surface area contributed by atoms with Crippen molar-refractivity contribution in [2.75, 3.05) is 7.11 Å². The second kappa shape index (κ2) is 8.34. The molecule has 0 spiro atoms. The molecule has 3 heteroatoms. The van der Waals surface area contributed by atoms with Crippen molar-refractivity contribution in [2.45, 2.75) is 10.9 Å². The molecule has 3 rings (SSSR count). The third-order valence-electron chi connectivity index (χ3n) is 4.73. The summed E-state index contributed by atoms with van der Waals surface area (Å²) in [5.74, 6) is -0.135. The van der Waals surface area contributed by atoms with Crippen LogP contribution >= 0.6 is 0 Å². The molecule has 0 atom stereocenters. The summed E-state index contributed by atoms with van der Waals surface area (Å²) < 4.78 is 9.97. The summed E-state index contributed by atoms with van der Waals surface area (Å²) in [5, 5.41) is 0. The average molecular weight is 437 g/mol. The number of ether oxygens (including phenoxy) is 1. The van der Waals surface area contributed by atoms with E-state index in [9.17, 15) is 4.79 Å². The average Bonchev–Trinajstić information content (AvgIpc) is 2.71. The van der Waals surface area contributed by atoms with Gasteiger partial charge in [-0.05, 0) is 0 Å². The first-order valence-electron chi connectivity index (χ1n) is 8.51. The van der Waals surface area contributed by atoms with Gasteiger partial charge in [0.05, 0.1) is 0 Å². The van der Waals surface area contributed by atoms with Gasteiger partial charge < -0.3 is 0 Å². The van der Waals surface area contributed by atoms with Gasteiger partial charge >= 0.3 is 154 Å². The molecule has 126 valence electrons. The minimum absolute atomic E-state index is 0.135. The normalized spacial score (nSPS) is 11.1. The number of esters is 1. The SMILES string of the molecule is COC(=O)C[CH2][Sn]([c]1ccccc1)([c]1ccccc1)[c]1ccccc1. The number of rotatable bonds is 6. The van der Waals surface area contributed by atoms with Crippen molar-refractivity contribution in [3.05, 3.63) is 91.0 Å². The van der Waals surface area contributed by atoms with Crippen molar-refractivity contribution >= 4 is 35.1 Å². The quantitative estimate of drug-likeness (QED) is 0.438. The molecule has 0 aromatic heterocycles. The predicted octanol–water partition coefficient (Wildman–Crippen LogP) is 2.72. The Morgan fingerprint density at radius 1 is 0.720 bits per heavy atom. The van der Waals surface area contributed by atoms with Crippen LogP contribution in [0.15, 0.2) is 91.0 Å². The molecule has 0 aliphatic rings. The maximum absolute atomic E-state index is 12.0. The Balaban J connectivity index is 2.22.